The van der Waals surface area contributed by atoms with Gasteiger partial charge in [0.05, 0.1) is 19.2 Å². The zero-order chi connectivity index (χ0) is 10.8. The maximum absolute atomic E-state index is 12.1. The molecule has 0 aromatic carbocycles. The Hall–Kier alpha value is -0.380. The Morgan fingerprint density at radius 3 is 2.00 bits per heavy atom. The van der Waals surface area contributed by atoms with Crippen LogP contribution in [0.2, 0.25) is 0 Å². The minimum atomic E-state index is -3.53. The third-order valence-electron chi connectivity index (χ3n) is 2.23. The van der Waals surface area contributed by atoms with Crippen LogP contribution in [-0.4, -0.2) is 24.3 Å². The average molecular weight is 221 g/mol. The molecule has 0 spiro atoms. The summed E-state index contributed by atoms with van der Waals surface area (Å²) >= 11 is 0. The van der Waals surface area contributed by atoms with Gasteiger partial charge in [0.1, 0.15) is 5.16 Å². The van der Waals surface area contributed by atoms with Crippen molar-refractivity contribution >= 4 is 13.6 Å². The molecular formula is C8H14O5P-. The number of aliphatic carboxylic acids is 1. The molecule has 0 radical (unpaired) electrons. The summed E-state index contributed by atoms with van der Waals surface area (Å²) in [5, 5.41) is 9.46. The highest BCUT2D eigenvalue weighted by Crippen LogP contribution is 2.70. The van der Waals surface area contributed by atoms with E-state index in [0.29, 0.717) is 12.8 Å². The first kappa shape index (κ1) is 11.7. The summed E-state index contributed by atoms with van der Waals surface area (Å²) in [5.41, 5.74) is 0. The summed E-state index contributed by atoms with van der Waals surface area (Å²) in [7, 11) is -3.53. The van der Waals surface area contributed by atoms with E-state index in [1.54, 1.807) is 13.8 Å². The smallest absolute Gasteiger partial charge is 0.342 e. The van der Waals surface area contributed by atoms with E-state index in [4.69, 9.17) is 9.05 Å². The SMILES string of the molecule is CCOP(=O)(OCC)C1(C(=O)[O-])CC1. The molecular weight excluding hydrogens is 207 g/mol. The maximum atomic E-state index is 12.1. The summed E-state index contributed by atoms with van der Waals surface area (Å²) in [4.78, 5) is 10.8. The summed E-state index contributed by atoms with van der Waals surface area (Å²) in [6.07, 6.45) is 0.624. The molecule has 0 aromatic heterocycles. The van der Waals surface area contributed by atoms with Crippen LogP contribution >= 0.6 is 7.60 Å². The first-order valence-electron chi connectivity index (χ1n) is 4.63. The maximum Gasteiger partial charge on any atom is 0.342 e. The van der Waals surface area contributed by atoms with Crippen molar-refractivity contribution in [2.75, 3.05) is 13.2 Å². The van der Waals surface area contributed by atoms with E-state index < -0.39 is 18.7 Å². The standard InChI is InChI=1S/C8H15O5P/c1-3-12-14(11,13-4-2)8(5-6-8)7(9)10/h3-6H2,1-2H3,(H,9,10)/p-1. The largest absolute Gasteiger partial charge is 0.549 e. The average Bonchev–Trinajstić information content (AvgIpc) is 2.84. The minimum Gasteiger partial charge on any atom is -0.549 e. The molecule has 1 saturated carbocycles. The Kier molecular flexibility index (Phi) is 3.35. The van der Waals surface area contributed by atoms with Crippen LogP contribution in [0.4, 0.5) is 0 Å². The van der Waals surface area contributed by atoms with Crippen LogP contribution in [0.15, 0.2) is 0 Å². The van der Waals surface area contributed by atoms with Crippen LogP contribution in [0, 0.1) is 0 Å². The third kappa shape index (κ3) is 1.72. The molecule has 0 N–H and O–H groups in total. The topological polar surface area (TPSA) is 75.7 Å². The van der Waals surface area contributed by atoms with Crippen LogP contribution in [0.1, 0.15) is 26.7 Å². The first-order chi connectivity index (χ1) is 6.52. The lowest BCUT2D eigenvalue weighted by Crippen LogP contribution is -2.38. The second-order valence-corrected chi connectivity index (χ2v) is 5.52. The molecule has 0 aliphatic heterocycles. The van der Waals surface area contributed by atoms with Gasteiger partial charge in [-0.05, 0) is 26.7 Å². The zero-order valence-electron chi connectivity index (χ0n) is 8.32. The summed E-state index contributed by atoms with van der Waals surface area (Å²) < 4.78 is 22.0. The third-order valence-corrected chi connectivity index (χ3v) is 5.10. The highest BCUT2D eigenvalue weighted by molar-refractivity contribution is 7.57. The quantitative estimate of drug-likeness (QED) is 0.611. The van der Waals surface area contributed by atoms with Gasteiger partial charge in [-0.2, -0.15) is 0 Å². The highest BCUT2D eigenvalue weighted by Gasteiger charge is 2.61. The van der Waals surface area contributed by atoms with Crippen molar-refractivity contribution in [1.82, 2.24) is 0 Å². The predicted octanol–water partition coefficient (Wildman–Crippen LogP) is 0.535. The van der Waals surface area contributed by atoms with Crippen LogP contribution in [-0.2, 0) is 18.4 Å². The molecule has 0 unspecified atom stereocenters. The molecule has 5 nitrogen and oxygen atoms in total. The molecule has 1 aliphatic rings. The van der Waals surface area contributed by atoms with Gasteiger partial charge in [0.2, 0.25) is 0 Å². The van der Waals surface area contributed by atoms with Crippen molar-refractivity contribution in [1.29, 1.82) is 0 Å². The Morgan fingerprint density at radius 1 is 1.36 bits per heavy atom. The lowest BCUT2D eigenvalue weighted by Gasteiger charge is -2.26. The Bertz CT molecular complexity index is 261. The van der Waals surface area contributed by atoms with E-state index in [0.717, 1.165) is 0 Å². The van der Waals surface area contributed by atoms with Crippen molar-refractivity contribution < 1.29 is 23.5 Å². The fraction of sp³-hybridized carbons (Fsp3) is 0.875. The van der Waals surface area contributed by atoms with Gasteiger partial charge in [-0.3, -0.25) is 4.57 Å². The normalized spacial score (nSPS) is 19.3. The van der Waals surface area contributed by atoms with Gasteiger partial charge in [0.25, 0.3) is 0 Å². The fourth-order valence-corrected chi connectivity index (χ4v) is 3.46. The van der Waals surface area contributed by atoms with Crippen LogP contribution < -0.4 is 5.11 Å². The molecule has 0 bridgehead atoms. The van der Waals surface area contributed by atoms with Crippen molar-refractivity contribution in [2.45, 2.75) is 31.8 Å². The van der Waals surface area contributed by atoms with E-state index in [1.807, 2.05) is 0 Å². The second-order valence-electron chi connectivity index (χ2n) is 3.15. The molecule has 0 heterocycles. The lowest BCUT2D eigenvalue weighted by molar-refractivity contribution is -0.306. The summed E-state index contributed by atoms with van der Waals surface area (Å²) in [6.45, 7) is 3.65. The molecule has 0 amide bonds. The van der Waals surface area contributed by atoms with E-state index >= 15 is 0 Å². The van der Waals surface area contributed by atoms with Gasteiger partial charge in [-0.1, -0.05) is 0 Å². The molecule has 1 fully saturated rings. The first-order valence-corrected chi connectivity index (χ1v) is 6.17. The number of hydrogen-bond acceptors (Lipinski definition) is 5. The second kappa shape index (κ2) is 4.01. The van der Waals surface area contributed by atoms with E-state index in [-0.39, 0.29) is 13.2 Å². The van der Waals surface area contributed by atoms with Gasteiger partial charge >= 0.3 is 7.60 Å². The highest BCUT2D eigenvalue weighted by atomic mass is 31.2. The summed E-state index contributed by atoms with van der Waals surface area (Å²) in [5.74, 6) is -1.33. The number of carbonyl (C=O) groups excluding carboxylic acids is 1. The zero-order valence-corrected chi connectivity index (χ0v) is 9.21. The molecule has 82 valence electrons. The molecule has 6 heteroatoms. The number of hydrogen-bond donors (Lipinski definition) is 0. The Labute approximate surface area is 82.9 Å². The van der Waals surface area contributed by atoms with E-state index in [1.165, 1.54) is 0 Å². The monoisotopic (exact) mass is 221 g/mol. The van der Waals surface area contributed by atoms with Gasteiger partial charge in [-0.15, -0.1) is 0 Å². The lowest BCUT2D eigenvalue weighted by atomic mass is 10.4. The molecule has 14 heavy (non-hydrogen) atoms. The summed E-state index contributed by atoms with van der Waals surface area (Å²) in [6, 6.07) is 0. The predicted molar refractivity (Wildman–Crippen MR) is 47.8 cm³/mol. The van der Waals surface area contributed by atoms with Gasteiger partial charge in [-0.25, -0.2) is 0 Å². The number of carboxylic acids is 1. The van der Waals surface area contributed by atoms with Crippen LogP contribution in [0.25, 0.3) is 0 Å². The Morgan fingerprint density at radius 2 is 1.79 bits per heavy atom. The Balaban J connectivity index is 2.87. The van der Waals surface area contributed by atoms with E-state index in [2.05, 4.69) is 0 Å². The fourth-order valence-electron chi connectivity index (χ4n) is 1.33. The van der Waals surface area contributed by atoms with Crippen LogP contribution in [0.5, 0.6) is 0 Å². The van der Waals surface area contributed by atoms with Gasteiger partial charge in [0.15, 0.2) is 0 Å². The minimum absolute atomic E-state index is 0.173. The molecule has 1 rings (SSSR count). The van der Waals surface area contributed by atoms with Crippen molar-refractivity contribution in [2.24, 2.45) is 0 Å². The van der Waals surface area contributed by atoms with Crippen molar-refractivity contribution in [3.05, 3.63) is 0 Å². The van der Waals surface area contributed by atoms with E-state index in [9.17, 15) is 14.5 Å². The van der Waals surface area contributed by atoms with Crippen molar-refractivity contribution in [3.8, 4) is 0 Å². The van der Waals surface area contributed by atoms with Gasteiger partial charge in [0, 0.05) is 0 Å². The number of carboxylic acid groups (broad SMARTS) is 1. The molecule has 1 aliphatic carbocycles. The van der Waals surface area contributed by atoms with Gasteiger partial charge < -0.3 is 18.9 Å². The number of rotatable bonds is 6. The molecule has 0 atom stereocenters. The molecule has 0 saturated heterocycles. The van der Waals surface area contributed by atoms with Crippen molar-refractivity contribution in [3.63, 3.8) is 0 Å². The van der Waals surface area contributed by atoms with Crippen LogP contribution in [0.3, 0.4) is 0 Å². The number of carbonyl (C=O) groups is 1. The molecule has 0 aromatic rings.